The second kappa shape index (κ2) is 12.9. The van der Waals surface area contributed by atoms with Crippen LogP contribution in [0.1, 0.15) is 63.6 Å². The van der Waals surface area contributed by atoms with Crippen molar-refractivity contribution >= 4 is 24.0 Å². The first-order valence-corrected chi connectivity index (χ1v) is 14.9. The minimum atomic E-state index is -1.13. The highest BCUT2D eigenvalue weighted by Crippen LogP contribution is 2.34. The molecule has 0 radical (unpaired) electrons. The highest BCUT2D eigenvalue weighted by molar-refractivity contribution is 5.93. The van der Waals surface area contributed by atoms with Gasteiger partial charge in [0, 0.05) is 24.6 Å². The van der Waals surface area contributed by atoms with Crippen LogP contribution < -0.4 is 15.4 Å². The third-order valence-corrected chi connectivity index (χ3v) is 7.92. The molecule has 2 fully saturated rings. The Morgan fingerprint density at radius 2 is 1.67 bits per heavy atom. The van der Waals surface area contributed by atoms with Gasteiger partial charge in [0.15, 0.2) is 0 Å². The Hall–Kier alpha value is -4.28. The number of amides is 4. The van der Waals surface area contributed by atoms with E-state index in [4.69, 9.17) is 14.2 Å². The first-order chi connectivity index (χ1) is 20.6. The molecule has 4 atom stereocenters. The van der Waals surface area contributed by atoms with E-state index in [2.05, 4.69) is 10.6 Å². The maximum atomic E-state index is 14.1. The maximum absolute atomic E-state index is 14.1. The van der Waals surface area contributed by atoms with Crippen LogP contribution in [0.5, 0.6) is 5.75 Å². The van der Waals surface area contributed by atoms with E-state index in [1.54, 1.807) is 25.7 Å². The summed E-state index contributed by atoms with van der Waals surface area (Å²) in [5.41, 5.74) is 0.955. The van der Waals surface area contributed by atoms with E-state index in [1.165, 1.54) is 4.90 Å². The van der Waals surface area contributed by atoms with Gasteiger partial charge in [0.1, 0.15) is 30.0 Å². The van der Waals surface area contributed by atoms with Crippen molar-refractivity contribution in [1.82, 2.24) is 20.4 Å². The molecule has 2 aromatic rings. The summed E-state index contributed by atoms with van der Waals surface area (Å²) in [5, 5.41) is 5.81. The molecule has 0 saturated carbocycles. The van der Waals surface area contributed by atoms with Gasteiger partial charge >= 0.3 is 12.2 Å². The number of hydrogen-bond acceptors (Lipinski definition) is 7. The second-order valence-corrected chi connectivity index (χ2v) is 12.2. The lowest BCUT2D eigenvalue weighted by molar-refractivity contribution is -0.143. The zero-order valence-corrected chi connectivity index (χ0v) is 24.9. The molecule has 11 nitrogen and oxygen atoms in total. The Bertz CT molecular complexity index is 1330. The SMILES string of the molecule is CC(C)(C)OC(=O)N[C@H]1CN(C(=O)OCc2ccccc2)CC[C@H]2CC[C@@H](C(=O)N[C@@H]3CCOc4ccccc43)N2C1=O. The van der Waals surface area contributed by atoms with Crippen LogP contribution in [-0.2, 0) is 25.7 Å². The zero-order valence-electron chi connectivity index (χ0n) is 24.9. The topological polar surface area (TPSA) is 127 Å². The number of hydrogen-bond donors (Lipinski definition) is 2. The smallest absolute Gasteiger partial charge is 0.410 e. The summed E-state index contributed by atoms with van der Waals surface area (Å²) < 4.78 is 16.7. The number of ether oxygens (including phenoxy) is 3. The number of benzene rings is 2. The molecule has 3 aliphatic heterocycles. The Labute approximate surface area is 251 Å². The molecule has 0 unspecified atom stereocenters. The van der Waals surface area contributed by atoms with Gasteiger partial charge in [0.2, 0.25) is 11.8 Å². The van der Waals surface area contributed by atoms with Crippen molar-refractivity contribution in [1.29, 1.82) is 0 Å². The fraction of sp³-hybridized carbons (Fsp3) is 0.500. The molecule has 230 valence electrons. The van der Waals surface area contributed by atoms with Crippen LogP contribution >= 0.6 is 0 Å². The van der Waals surface area contributed by atoms with Crippen molar-refractivity contribution in [2.24, 2.45) is 0 Å². The Kier molecular flexibility index (Phi) is 9.08. The molecule has 43 heavy (non-hydrogen) atoms. The number of nitrogens with zero attached hydrogens (tertiary/aromatic N) is 2. The molecule has 0 bridgehead atoms. The number of carbonyl (C=O) groups excluding carboxylic acids is 4. The third kappa shape index (κ3) is 7.39. The number of para-hydroxylation sites is 1. The first kappa shape index (κ1) is 30.2. The van der Waals surface area contributed by atoms with Crippen molar-refractivity contribution in [2.75, 3.05) is 19.7 Å². The summed E-state index contributed by atoms with van der Waals surface area (Å²) in [7, 11) is 0. The van der Waals surface area contributed by atoms with E-state index in [0.29, 0.717) is 38.8 Å². The summed E-state index contributed by atoms with van der Waals surface area (Å²) in [4.78, 5) is 56.8. The summed E-state index contributed by atoms with van der Waals surface area (Å²) in [5.74, 6) is 0.0706. The highest BCUT2D eigenvalue weighted by Gasteiger charge is 2.46. The standard InChI is InChI=1S/C32H40N4O7/c1-32(2,3)43-30(39)34-25-19-35(31(40)42-20-21-9-5-4-6-10-21)17-15-22-13-14-26(36(22)29(25)38)28(37)33-24-16-18-41-27-12-8-7-11-23(24)27/h4-12,22,24-26H,13-20H2,1-3H3,(H,33,37)(H,34,39)/t22-,24-,25+,26+/m1/s1. The van der Waals surface area contributed by atoms with Crippen molar-refractivity contribution in [3.63, 3.8) is 0 Å². The number of carbonyl (C=O) groups is 4. The highest BCUT2D eigenvalue weighted by atomic mass is 16.6. The molecule has 3 aliphatic rings. The summed E-state index contributed by atoms with van der Waals surface area (Å²) >= 11 is 0. The van der Waals surface area contributed by atoms with Crippen LogP contribution in [0.15, 0.2) is 54.6 Å². The molecule has 0 spiro atoms. The van der Waals surface area contributed by atoms with Gasteiger partial charge in [-0.05, 0) is 51.7 Å². The summed E-state index contributed by atoms with van der Waals surface area (Å²) in [6.45, 7) is 5.94. The molecule has 0 aliphatic carbocycles. The normalized spacial score (nSPS) is 23.6. The van der Waals surface area contributed by atoms with Gasteiger partial charge in [0.25, 0.3) is 0 Å². The van der Waals surface area contributed by atoms with Gasteiger partial charge in [0.05, 0.1) is 19.2 Å². The van der Waals surface area contributed by atoms with Gasteiger partial charge in [-0.15, -0.1) is 0 Å². The Morgan fingerprint density at radius 1 is 0.930 bits per heavy atom. The molecule has 2 N–H and O–H groups in total. The average Bonchev–Trinajstić information content (AvgIpc) is 3.40. The maximum Gasteiger partial charge on any atom is 0.410 e. The third-order valence-electron chi connectivity index (χ3n) is 7.92. The molecular weight excluding hydrogens is 552 g/mol. The van der Waals surface area contributed by atoms with Crippen molar-refractivity contribution in [3.05, 3.63) is 65.7 Å². The van der Waals surface area contributed by atoms with Crippen LogP contribution in [-0.4, -0.2) is 77.2 Å². The fourth-order valence-corrected chi connectivity index (χ4v) is 5.93. The van der Waals surface area contributed by atoms with E-state index < -0.39 is 35.8 Å². The molecule has 2 aromatic carbocycles. The van der Waals surface area contributed by atoms with Gasteiger partial charge in [-0.25, -0.2) is 9.59 Å². The minimum Gasteiger partial charge on any atom is -0.493 e. The van der Waals surface area contributed by atoms with Crippen LogP contribution in [0.3, 0.4) is 0 Å². The lowest BCUT2D eigenvalue weighted by Gasteiger charge is -2.38. The van der Waals surface area contributed by atoms with Crippen molar-refractivity contribution in [2.45, 2.75) is 82.8 Å². The van der Waals surface area contributed by atoms with Crippen LogP contribution in [0, 0.1) is 0 Å². The van der Waals surface area contributed by atoms with E-state index in [1.807, 2.05) is 54.6 Å². The lowest BCUT2D eigenvalue weighted by Crippen LogP contribution is -2.61. The average molecular weight is 593 g/mol. The zero-order chi connectivity index (χ0) is 30.6. The molecule has 4 amide bonds. The monoisotopic (exact) mass is 592 g/mol. The van der Waals surface area contributed by atoms with Crippen LogP contribution in [0.25, 0.3) is 0 Å². The Balaban J connectivity index is 1.32. The van der Waals surface area contributed by atoms with Gasteiger partial charge < -0.3 is 34.6 Å². The lowest BCUT2D eigenvalue weighted by atomic mass is 10.00. The molecular formula is C32H40N4O7. The van der Waals surface area contributed by atoms with Crippen molar-refractivity contribution < 1.29 is 33.4 Å². The molecule has 11 heteroatoms. The van der Waals surface area contributed by atoms with Gasteiger partial charge in [-0.2, -0.15) is 0 Å². The predicted molar refractivity (Wildman–Crippen MR) is 157 cm³/mol. The number of rotatable bonds is 5. The molecule has 3 heterocycles. The van der Waals surface area contributed by atoms with Gasteiger partial charge in [-0.1, -0.05) is 48.5 Å². The number of alkyl carbamates (subject to hydrolysis) is 1. The molecule has 2 saturated heterocycles. The van der Waals surface area contributed by atoms with Crippen LogP contribution in [0.4, 0.5) is 9.59 Å². The largest absolute Gasteiger partial charge is 0.493 e. The van der Waals surface area contributed by atoms with Crippen LogP contribution in [0.2, 0.25) is 0 Å². The van der Waals surface area contributed by atoms with Gasteiger partial charge in [-0.3, -0.25) is 9.59 Å². The van der Waals surface area contributed by atoms with E-state index >= 15 is 0 Å². The number of fused-ring (bicyclic) bond motifs is 2. The Morgan fingerprint density at radius 3 is 2.44 bits per heavy atom. The quantitative estimate of drug-likeness (QED) is 0.539. The van der Waals surface area contributed by atoms with Crippen molar-refractivity contribution in [3.8, 4) is 5.75 Å². The predicted octanol–water partition coefficient (Wildman–Crippen LogP) is 3.92. The summed E-state index contributed by atoms with van der Waals surface area (Å²) in [6, 6.07) is 14.6. The first-order valence-electron chi connectivity index (χ1n) is 14.9. The van der Waals surface area contributed by atoms with E-state index in [-0.39, 0.29) is 31.1 Å². The molecule has 5 rings (SSSR count). The fourth-order valence-electron chi connectivity index (χ4n) is 5.93. The number of nitrogens with one attached hydrogen (secondary N) is 2. The minimum absolute atomic E-state index is 0.0847. The molecule has 0 aromatic heterocycles. The summed E-state index contributed by atoms with van der Waals surface area (Å²) in [6.07, 6.45) is 0.821. The van der Waals surface area contributed by atoms with E-state index in [0.717, 1.165) is 16.9 Å². The van der Waals surface area contributed by atoms with E-state index in [9.17, 15) is 19.2 Å². The second-order valence-electron chi connectivity index (χ2n) is 12.2.